The van der Waals surface area contributed by atoms with E-state index >= 15 is 0 Å². The molecule has 0 aromatic heterocycles. The number of benzene rings is 2. The van der Waals surface area contributed by atoms with Crippen LogP contribution in [-0.2, 0) is 14.3 Å². The molecule has 28 heavy (non-hydrogen) atoms. The number of amides is 1. The minimum Gasteiger partial charge on any atom is -0.493 e. The summed E-state index contributed by atoms with van der Waals surface area (Å²) in [4.78, 5) is 34.5. The molecule has 9 nitrogen and oxygen atoms in total. The van der Waals surface area contributed by atoms with E-state index in [9.17, 15) is 19.7 Å². The molecule has 0 bridgehead atoms. The lowest BCUT2D eigenvalue weighted by Crippen LogP contribution is -2.21. The van der Waals surface area contributed by atoms with Crippen molar-refractivity contribution in [2.24, 2.45) is 0 Å². The first kappa shape index (κ1) is 21.0. The van der Waals surface area contributed by atoms with Crippen molar-refractivity contribution in [3.8, 4) is 11.5 Å². The number of carbonyl (C=O) groups excluding carboxylic acids is 2. The van der Waals surface area contributed by atoms with Crippen molar-refractivity contribution in [2.45, 2.75) is 4.90 Å². The summed E-state index contributed by atoms with van der Waals surface area (Å²) in [6, 6.07) is 10.9. The zero-order valence-electron chi connectivity index (χ0n) is 15.2. The predicted octanol–water partition coefficient (Wildman–Crippen LogP) is 2.89. The fourth-order valence-electron chi connectivity index (χ4n) is 2.17. The molecule has 0 aliphatic carbocycles. The van der Waals surface area contributed by atoms with Gasteiger partial charge in [-0.2, -0.15) is 0 Å². The SMILES string of the molecule is COc1ccc(NC(=O)COC(=O)CSc2ccccc2[N+](=O)[O-])cc1OC. The Bertz CT molecular complexity index is 873. The Morgan fingerprint density at radius 2 is 1.82 bits per heavy atom. The summed E-state index contributed by atoms with van der Waals surface area (Å²) in [6.45, 7) is -0.482. The fraction of sp³-hybridized carbons (Fsp3) is 0.222. The Morgan fingerprint density at radius 3 is 2.50 bits per heavy atom. The third-order valence-corrected chi connectivity index (χ3v) is 4.48. The van der Waals surface area contributed by atoms with Gasteiger partial charge in [0.1, 0.15) is 0 Å². The topological polar surface area (TPSA) is 117 Å². The molecular formula is C18H18N2O7S. The van der Waals surface area contributed by atoms with Crippen molar-refractivity contribution >= 4 is 35.0 Å². The Kier molecular flexibility index (Phi) is 7.64. The number of nitrogens with zero attached hydrogens (tertiary/aromatic N) is 1. The smallest absolute Gasteiger partial charge is 0.316 e. The first-order valence-electron chi connectivity index (χ1n) is 7.98. The number of ether oxygens (including phenoxy) is 3. The second-order valence-corrected chi connectivity index (χ2v) is 6.31. The lowest BCUT2D eigenvalue weighted by Gasteiger charge is -2.10. The second-order valence-electron chi connectivity index (χ2n) is 5.29. The number of nitro benzene ring substituents is 1. The summed E-state index contributed by atoms with van der Waals surface area (Å²) in [6.07, 6.45) is 0. The van der Waals surface area contributed by atoms with Crippen molar-refractivity contribution in [3.05, 3.63) is 52.6 Å². The molecule has 2 rings (SSSR count). The first-order valence-corrected chi connectivity index (χ1v) is 8.97. The molecule has 1 amide bonds. The van der Waals surface area contributed by atoms with Crippen molar-refractivity contribution in [2.75, 3.05) is 31.9 Å². The zero-order chi connectivity index (χ0) is 20.5. The van der Waals surface area contributed by atoms with E-state index < -0.39 is 23.4 Å². The summed E-state index contributed by atoms with van der Waals surface area (Å²) in [5.41, 5.74) is 0.361. The molecule has 0 saturated heterocycles. The summed E-state index contributed by atoms with van der Waals surface area (Å²) in [5, 5.41) is 13.5. The van der Waals surface area contributed by atoms with Crippen LogP contribution in [0.5, 0.6) is 11.5 Å². The van der Waals surface area contributed by atoms with Gasteiger partial charge in [0.25, 0.3) is 11.6 Å². The molecule has 0 atom stereocenters. The maximum Gasteiger partial charge on any atom is 0.316 e. The minimum absolute atomic E-state index is 0.0912. The van der Waals surface area contributed by atoms with E-state index in [1.54, 1.807) is 36.4 Å². The first-order chi connectivity index (χ1) is 13.4. The van der Waals surface area contributed by atoms with Crippen molar-refractivity contribution < 1.29 is 28.7 Å². The zero-order valence-corrected chi connectivity index (χ0v) is 16.0. The molecule has 0 aliphatic heterocycles. The normalized spacial score (nSPS) is 10.1. The molecule has 0 aliphatic rings. The van der Waals surface area contributed by atoms with Crippen LogP contribution in [0, 0.1) is 10.1 Å². The van der Waals surface area contributed by atoms with Crippen LogP contribution in [0.1, 0.15) is 0 Å². The number of thioether (sulfide) groups is 1. The molecule has 2 aromatic rings. The van der Waals surface area contributed by atoms with Gasteiger partial charge in [-0.05, 0) is 18.2 Å². The molecule has 0 saturated carbocycles. The molecule has 2 aromatic carbocycles. The number of nitrogens with one attached hydrogen (secondary N) is 1. The van der Waals surface area contributed by atoms with E-state index in [0.717, 1.165) is 11.8 Å². The van der Waals surface area contributed by atoms with Crippen LogP contribution in [0.2, 0.25) is 0 Å². The highest BCUT2D eigenvalue weighted by Crippen LogP contribution is 2.30. The monoisotopic (exact) mass is 406 g/mol. The second kappa shape index (κ2) is 10.2. The summed E-state index contributed by atoms with van der Waals surface area (Å²) < 4.78 is 15.2. The number of methoxy groups -OCH3 is 2. The van der Waals surface area contributed by atoms with E-state index in [0.29, 0.717) is 22.1 Å². The minimum atomic E-state index is -0.661. The molecule has 0 unspecified atom stereocenters. The number of hydrogen-bond donors (Lipinski definition) is 1. The largest absolute Gasteiger partial charge is 0.493 e. The number of esters is 1. The van der Waals surface area contributed by atoms with Gasteiger partial charge in [0.05, 0.1) is 29.8 Å². The third kappa shape index (κ3) is 5.88. The number of anilines is 1. The lowest BCUT2D eigenvalue weighted by molar-refractivity contribution is -0.387. The molecule has 0 spiro atoms. The van der Waals surface area contributed by atoms with E-state index in [-0.39, 0.29) is 11.4 Å². The summed E-state index contributed by atoms with van der Waals surface area (Å²) in [5.74, 6) is -0.395. The van der Waals surface area contributed by atoms with Crippen molar-refractivity contribution in [1.29, 1.82) is 0 Å². The van der Waals surface area contributed by atoms with Gasteiger partial charge in [-0.3, -0.25) is 19.7 Å². The number of nitro groups is 1. The quantitative estimate of drug-likeness (QED) is 0.292. The Hall–Kier alpha value is -3.27. The highest BCUT2D eigenvalue weighted by Gasteiger charge is 2.15. The predicted molar refractivity (Wildman–Crippen MR) is 103 cm³/mol. The Morgan fingerprint density at radius 1 is 1.11 bits per heavy atom. The number of para-hydroxylation sites is 1. The van der Waals surface area contributed by atoms with E-state index in [1.165, 1.54) is 20.3 Å². The molecular weight excluding hydrogens is 388 g/mol. The highest BCUT2D eigenvalue weighted by atomic mass is 32.2. The number of hydrogen-bond acceptors (Lipinski definition) is 8. The van der Waals surface area contributed by atoms with Gasteiger partial charge in [0.15, 0.2) is 18.1 Å². The Labute approximate surface area is 165 Å². The maximum atomic E-state index is 11.9. The highest BCUT2D eigenvalue weighted by molar-refractivity contribution is 8.00. The standard InChI is InChI=1S/C18H18N2O7S/c1-25-14-8-7-12(9-15(14)26-2)19-17(21)10-27-18(22)11-28-16-6-4-3-5-13(16)20(23)24/h3-9H,10-11H2,1-2H3,(H,19,21). The van der Waals surface area contributed by atoms with Gasteiger partial charge in [-0.15, -0.1) is 11.8 Å². The molecule has 0 heterocycles. The van der Waals surface area contributed by atoms with Crippen LogP contribution in [-0.4, -0.2) is 43.4 Å². The lowest BCUT2D eigenvalue weighted by atomic mass is 10.2. The van der Waals surface area contributed by atoms with E-state index in [1.807, 2.05) is 0 Å². The Balaban J connectivity index is 1.83. The van der Waals surface area contributed by atoms with Gasteiger partial charge in [-0.1, -0.05) is 12.1 Å². The van der Waals surface area contributed by atoms with Crippen LogP contribution in [0.15, 0.2) is 47.4 Å². The molecule has 0 radical (unpaired) electrons. The third-order valence-electron chi connectivity index (χ3n) is 3.44. The number of carbonyl (C=O) groups is 2. The van der Waals surface area contributed by atoms with Crippen LogP contribution < -0.4 is 14.8 Å². The van der Waals surface area contributed by atoms with Gasteiger partial charge in [-0.25, -0.2) is 0 Å². The molecule has 1 N–H and O–H groups in total. The van der Waals surface area contributed by atoms with E-state index in [2.05, 4.69) is 5.32 Å². The van der Waals surface area contributed by atoms with Crippen LogP contribution in [0.4, 0.5) is 11.4 Å². The van der Waals surface area contributed by atoms with Gasteiger partial charge < -0.3 is 19.5 Å². The van der Waals surface area contributed by atoms with Crippen molar-refractivity contribution in [3.63, 3.8) is 0 Å². The molecule has 0 fully saturated rings. The molecule has 148 valence electrons. The average Bonchev–Trinajstić information content (AvgIpc) is 2.70. The average molecular weight is 406 g/mol. The van der Waals surface area contributed by atoms with Crippen LogP contribution in [0.3, 0.4) is 0 Å². The summed E-state index contributed by atoms with van der Waals surface area (Å²) in [7, 11) is 2.97. The fourth-order valence-corrected chi connectivity index (χ4v) is 2.99. The van der Waals surface area contributed by atoms with Gasteiger partial charge >= 0.3 is 5.97 Å². The maximum absolute atomic E-state index is 11.9. The van der Waals surface area contributed by atoms with Crippen LogP contribution in [0.25, 0.3) is 0 Å². The molecule has 10 heteroatoms. The van der Waals surface area contributed by atoms with E-state index in [4.69, 9.17) is 14.2 Å². The van der Waals surface area contributed by atoms with Gasteiger partial charge in [0.2, 0.25) is 0 Å². The van der Waals surface area contributed by atoms with Gasteiger partial charge in [0, 0.05) is 17.8 Å². The van der Waals surface area contributed by atoms with Crippen LogP contribution >= 0.6 is 11.8 Å². The summed E-state index contributed by atoms with van der Waals surface area (Å²) >= 11 is 0.970. The number of rotatable bonds is 9. The van der Waals surface area contributed by atoms with Crippen molar-refractivity contribution in [1.82, 2.24) is 0 Å².